The fourth-order valence-electron chi connectivity index (χ4n) is 3.24. The van der Waals surface area contributed by atoms with Crippen molar-refractivity contribution >= 4 is 6.03 Å². The van der Waals surface area contributed by atoms with Gasteiger partial charge in [0, 0.05) is 19.5 Å². The number of carbonyl (C=O) groups is 1. The lowest BCUT2D eigenvalue weighted by atomic mass is 10.0. The first-order valence-electron chi connectivity index (χ1n) is 9.17. The number of benzene rings is 1. The number of aromatic nitrogens is 3. The number of rotatable bonds is 7. The van der Waals surface area contributed by atoms with Gasteiger partial charge in [-0.15, -0.1) is 10.2 Å². The Labute approximate surface area is 154 Å². The largest absolute Gasteiger partial charge is 0.497 e. The van der Waals surface area contributed by atoms with Crippen LogP contribution in [0.2, 0.25) is 0 Å². The molecule has 0 radical (unpaired) electrons. The van der Waals surface area contributed by atoms with Gasteiger partial charge in [-0.05, 0) is 36.5 Å². The molecule has 1 aliphatic heterocycles. The molecule has 1 aliphatic rings. The number of nitrogens with one attached hydrogen (secondary N) is 2. The molecule has 7 nitrogen and oxygen atoms in total. The van der Waals surface area contributed by atoms with Crippen molar-refractivity contribution in [2.75, 3.05) is 13.7 Å². The average Bonchev–Trinajstić information content (AvgIpc) is 3.24. The molecule has 1 atom stereocenters. The molecule has 26 heavy (non-hydrogen) atoms. The number of carbonyl (C=O) groups excluding carboxylic acids is 1. The van der Waals surface area contributed by atoms with Gasteiger partial charge >= 0.3 is 6.03 Å². The monoisotopic (exact) mass is 357 g/mol. The minimum Gasteiger partial charge on any atom is -0.497 e. The second-order valence-electron chi connectivity index (χ2n) is 6.95. The van der Waals surface area contributed by atoms with E-state index < -0.39 is 0 Å². The van der Waals surface area contributed by atoms with E-state index in [9.17, 15) is 4.79 Å². The van der Waals surface area contributed by atoms with Crippen molar-refractivity contribution in [2.45, 2.75) is 45.7 Å². The number of hydrogen-bond acceptors (Lipinski definition) is 4. The van der Waals surface area contributed by atoms with Crippen LogP contribution in [0.1, 0.15) is 43.5 Å². The summed E-state index contributed by atoms with van der Waals surface area (Å²) in [6.07, 6.45) is 2.83. The van der Waals surface area contributed by atoms with Gasteiger partial charge in [0.25, 0.3) is 0 Å². The van der Waals surface area contributed by atoms with Gasteiger partial charge in [-0.3, -0.25) is 0 Å². The van der Waals surface area contributed by atoms with Crippen molar-refractivity contribution in [3.63, 3.8) is 0 Å². The van der Waals surface area contributed by atoms with E-state index >= 15 is 0 Å². The van der Waals surface area contributed by atoms with Crippen LogP contribution in [0.15, 0.2) is 24.3 Å². The standard InChI is InChI=1S/C19H27N5O2/c1-13(2)17(18-23-22-16-5-4-12-24(16)18)21-19(25)20-11-10-14-6-8-15(26-3)9-7-14/h6-9,13,17H,4-5,10-12H2,1-3H3,(H2,20,21,25). The molecule has 2 N–H and O–H groups in total. The van der Waals surface area contributed by atoms with Gasteiger partial charge in [-0.2, -0.15) is 0 Å². The molecule has 0 bridgehead atoms. The lowest BCUT2D eigenvalue weighted by Crippen LogP contribution is -2.41. The number of fused-ring (bicyclic) bond motifs is 1. The van der Waals surface area contributed by atoms with E-state index in [2.05, 4.69) is 39.2 Å². The van der Waals surface area contributed by atoms with Crippen molar-refractivity contribution in [3.05, 3.63) is 41.5 Å². The topological polar surface area (TPSA) is 81.1 Å². The van der Waals surface area contributed by atoms with Crippen LogP contribution in [0.3, 0.4) is 0 Å². The highest BCUT2D eigenvalue weighted by molar-refractivity contribution is 5.74. The van der Waals surface area contributed by atoms with Gasteiger partial charge in [0.2, 0.25) is 0 Å². The number of hydrogen-bond donors (Lipinski definition) is 2. The van der Waals surface area contributed by atoms with E-state index in [1.807, 2.05) is 24.3 Å². The number of aryl methyl sites for hydroxylation is 1. The second-order valence-corrected chi connectivity index (χ2v) is 6.95. The summed E-state index contributed by atoms with van der Waals surface area (Å²) >= 11 is 0. The third-order valence-corrected chi connectivity index (χ3v) is 4.73. The SMILES string of the molecule is COc1ccc(CCNC(=O)NC(c2nnc3n2CCC3)C(C)C)cc1. The number of amides is 2. The molecule has 1 aromatic heterocycles. The van der Waals surface area contributed by atoms with Crippen LogP contribution in [-0.4, -0.2) is 34.5 Å². The van der Waals surface area contributed by atoms with Gasteiger partial charge in [0.15, 0.2) is 5.82 Å². The molecule has 2 amide bonds. The highest BCUT2D eigenvalue weighted by atomic mass is 16.5. The van der Waals surface area contributed by atoms with E-state index in [4.69, 9.17) is 4.74 Å². The van der Waals surface area contributed by atoms with Crippen LogP contribution in [0.25, 0.3) is 0 Å². The van der Waals surface area contributed by atoms with Crippen LogP contribution >= 0.6 is 0 Å². The maximum atomic E-state index is 12.3. The van der Waals surface area contributed by atoms with Gasteiger partial charge < -0.3 is 19.9 Å². The van der Waals surface area contributed by atoms with Gasteiger partial charge in [-0.25, -0.2) is 4.79 Å². The van der Waals surface area contributed by atoms with Gasteiger partial charge in [-0.1, -0.05) is 26.0 Å². The molecular weight excluding hydrogens is 330 g/mol. The predicted octanol–water partition coefficient (Wildman–Crippen LogP) is 2.47. The van der Waals surface area contributed by atoms with Crippen LogP contribution in [0.5, 0.6) is 5.75 Å². The van der Waals surface area contributed by atoms with E-state index in [0.717, 1.165) is 48.8 Å². The molecule has 3 rings (SSSR count). The minimum atomic E-state index is -0.174. The number of methoxy groups -OCH3 is 1. The zero-order valence-corrected chi connectivity index (χ0v) is 15.7. The Hall–Kier alpha value is -2.57. The molecule has 0 saturated carbocycles. The number of urea groups is 1. The first kappa shape index (κ1) is 18.2. The van der Waals surface area contributed by atoms with Crippen LogP contribution < -0.4 is 15.4 Å². The minimum absolute atomic E-state index is 0.143. The molecule has 1 unspecified atom stereocenters. The fourth-order valence-corrected chi connectivity index (χ4v) is 3.24. The molecule has 0 saturated heterocycles. The third kappa shape index (κ3) is 4.15. The quantitative estimate of drug-likeness (QED) is 0.798. The fraction of sp³-hybridized carbons (Fsp3) is 0.526. The maximum absolute atomic E-state index is 12.3. The Morgan fingerprint density at radius 3 is 2.73 bits per heavy atom. The summed E-state index contributed by atoms with van der Waals surface area (Å²) in [6.45, 7) is 5.67. The van der Waals surface area contributed by atoms with Crippen molar-refractivity contribution < 1.29 is 9.53 Å². The van der Waals surface area contributed by atoms with Gasteiger partial charge in [0.1, 0.15) is 11.6 Å². The van der Waals surface area contributed by atoms with Crippen LogP contribution in [0, 0.1) is 5.92 Å². The summed E-state index contributed by atoms with van der Waals surface area (Å²) < 4.78 is 7.29. The molecule has 2 heterocycles. The van der Waals surface area contributed by atoms with Crippen molar-refractivity contribution in [3.8, 4) is 5.75 Å². The highest BCUT2D eigenvalue weighted by Gasteiger charge is 2.27. The molecular formula is C19H27N5O2. The summed E-state index contributed by atoms with van der Waals surface area (Å²) in [5, 5.41) is 14.6. The summed E-state index contributed by atoms with van der Waals surface area (Å²) in [5.41, 5.74) is 1.15. The van der Waals surface area contributed by atoms with Crippen LogP contribution in [-0.2, 0) is 19.4 Å². The highest BCUT2D eigenvalue weighted by Crippen LogP contribution is 2.24. The molecule has 2 aromatic rings. The van der Waals surface area contributed by atoms with E-state index in [0.29, 0.717) is 6.54 Å². The molecule has 0 spiro atoms. The lowest BCUT2D eigenvalue weighted by Gasteiger charge is -2.22. The normalized spacial score (nSPS) is 14.2. The smallest absolute Gasteiger partial charge is 0.315 e. The van der Waals surface area contributed by atoms with Crippen molar-refractivity contribution in [1.82, 2.24) is 25.4 Å². The lowest BCUT2D eigenvalue weighted by molar-refractivity contribution is 0.231. The van der Waals surface area contributed by atoms with Crippen molar-refractivity contribution in [2.24, 2.45) is 5.92 Å². The third-order valence-electron chi connectivity index (χ3n) is 4.73. The first-order valence-corrected chi connectivity index (χ1v) is 9.17. The van der Waals surface area contributed by atoms with Crippen molar-refractivity contribution in [1.29, 1.82) is 0 Å². The zero-order chi connectivity index (χ0) is 18.5. The molecule has 0 fully saturated rings. The predicted molar refractivity (Wildman–Crippen MR) is 99.2 cm³/mol. The molecule has 7 heteroatoms. The van der Waals surface area contributed by atoms with E-state index in [1.54, 1.807) is 7.11 Å². The zero-order valence-electron chi connectivity index (χ0n) is 15.7. The van der Waals surface area contributed by atoms with E-state index in [-0.39, 0.29) is 18.0 Å². The summed E-state index contributed by atoms with van der Waals surface area (Å²) in [5.74, 6) is 2.95. The van der Waals surface area contributed by atoms with Crippen LogP contribution in [0.4, 0.5) is 4.79 Å². The average molecular weight is 357 g/mol. The summed E-state index contributed by atoms with van der Waals surface area (Å²) in [4.78, 5) is 12.3. The maximum Gasteiger partial charge on any atom is 0.315 e. The second kappa shape index (κ2) is 8.21. The molecule has 0 aliphatic carbocycles. The Kier molecular flexibility index (Phi) is 5.75. The summed E-state index contributed by atoms with van der Waals surface area (Å²) in [7, 11) is 1.65. The Balaban J connectivity index is 1.53. The number of ether oxygens (including phenoxy) is 1. The van der Waals surface area contributed by atoms with Gasteiger partial charge in [0.05, 0.1) is 13.2 Å². The Bertz CT molecular complexity index is 739. The van der Waals surface area contributed by atoms with E-state index in [1.165, 1.54) is 0 Å². The Morgan fingerprint density at radius 1 is 1.27 bits per heavy atom. The Morgan fingerprint density at radius 2 is 2.04 bits per heavy atom. The number of nitrogens with zero attached hydrogens (tertiary/aromatic N) is 3. The first-order chi connectivity index (χ1) is 12.6. The molecule has 1 aromatic carbocycles. The summed E-state index contributed by atoms with van der Waals surface area (Å²) in [6, 6.07) is 7.55. The molecule has 140 valence electrons.